The molecule has 4 aliphatic rings. The zero-order valence-corrected chi connectivity index (χ0v) is 18.4. The van der Waals surface area contributed by atoms with E-state index in [2.05, 4.69) is 19.9 Å². The molecule has 0 saturated heterocycles. The van der Waals surface area contributed by atoms with Crippen LogP contribution in [0.3, 0.4) is 0 Å². The molecule has 2 nitrogen and oxygen atoms in total. The lowest BCUT2D eigenvalue weighted by Crippen LogP contribution is -2.52. The first-order chi connectivity index (χ1) is 14.3. The molecule has 0 aliphatic heterocycles. The third kappa shape index (κ3) is 3.22. The molecule has 28 heavy (non-hydrogen) atoms. The lowest BCUT2D eigenvalue weighted by molar-refractivity contribution is -0.117. The molecule has 2 heteroatoms. The van der Waals surface area contributed by atoms with Crippen LogP contribution in [0.25, 0.3) is 0 Å². The van der Waals surface area contributed by atoms with Gasteiger partial charge in [0.1, 0.15) is 5.78 Å². The Morgan fingerprint density at radius 1 is 1.25 bits per heavy atom. The van der Waals surface area contributed by atoms with E-state index in [9.17, 15) is 9.90 Å². The number of carbonyl (C=O) groups is 1. The highest BCUT2D eigenvalue weighted by molar-refractivity contribution is 5.75. The molecule has 0 amide bonds. The summed E-state index contributed by atoms with van der Waals surface area (Å²) in [4.78, 5) is 11.6. The molecular formula is C26H42O2. The molecule has 0 spiro atoms. The van der Waals surface area contributed by atoms with Gasteiger partial charge in [0.25, 0.3) is 0 Å². The highest BCUT2D eigenvalue weighted by Gasteiger charge is 2.59. The van der Waals surface area contributed by atoms with Gasteiger partial charge in [0.2, 0.25) is 0 Å². The highest BCUT2D eigenvalue weighted by atomic mass is 16.3. The average Bonchev–Trinajstić information content (AvgIpc) is 3.07. The minimum absolute atomic E-state index is 0.115. The topological polar surface area (TPSA) is 37.3 Å². The number of carbonyl (C=O) groups excluding carboxylic acids is 1. The van der Waals surface area contributed by atoms with Crippen molar-refractivity contribution in [2.75, 3.05) is 0 Å². The van der Waals surface area contributed by atoms with Crippen molar-refractivity contribution in [3.63, 3.8) is 0 Å². The van der Waals surface area contributed by atoms with Crippen LogP contribution in [0, 0.1) is 40.4 Å². The number of Topliss-reactive ketones (excluding diaryl/α,β-unsaturated/α-hetero) is 1. The molecule has 4 rings (SSSR count). The van der Waals surface area contributed by atoms with E-state index in [1.807, 2.05) is 6.92 Å². The smallest absolute Gasteiger partial charge is 0.129 e. The molecule has 158 valence electrons. The lowest BCUT2D eigenvalue weighted by Gasteiger charge is -2.59. The summed E-state index contributed by atoms with van der Waals surface area (Å²) in [5.41, 5.74) is 0.354. The predicted octanol–water partition coefficient (Wildman–Crippen LogP) is 6.32. The molecule has 4 aliphatic carbocycles. The average molecular weight is 390 g/mol. The van der Waals surface area contributed by atoms with Crippen LogP contribution in [0.4, 0.5) is 0 Å². The zero-order chi connectivity index (χ0) is 22.8. The normalized spacial score (nSPS) is 50.9. The molecule has 0 aromatic carbocycles. The Kier molecular flexibility index (Phi) is 4.25. The summed E-state index contributed by atoms with van der Waals surface area (Å²) in [6.07, 6.45) is 11.2. The van der Waals surface area contributed by atoms with Crippen LogP contribution < -0.4 is 0 Å². The molecule has 0 aromatic heterocycles. The van der Waals surface area contributed by atoms with Gasteiger partial charge in [-0.05, 0) is 112 Å². The molecule has 0 radical (unpaired) electrons. The van der Waals surface area contributed by atoms with E-state index in [1.165, 1.54) is 5.57 Å². The molecule has 0 aromatic rings. The van der Waals surface area contributed by atoms with Gasteiger partial charge in [-0.15, -0.1) is 0 Å². The first-order valence-electron chi connectivity index (χ1n) is 13.2. The Balaban J connectivity index is 1.66. The largest absolute Gasteiger partial charge is 0.390 e. The third-order valence-corrected chi connectivity index (χ3v) is 9.60. The molecule has 0 unspecified atom stereocenters. The maximum atomic E-state index is 11.6. The van der Waals surface area contributed by atoms with Crippen LogP contribution in [-0.4, -0.2) is 16.5 Å². The summed E-state index contributed by atoms with van der Waals surface area (Å²) in [5, 5.41) is 10.7. The second-order valence-corrected chi connectivity index (χ2v) is 11.4. The first-order valence-corrected chi connectivity index (χ1v) is 11.7. The molecule has 3 fully saturated rings. The van der Waals surface area contributed by atoms with E-state index in [-0.39, 0.29) is 29.0 Å². The fourth-order valence-electron chi connectivity index (χ4n) is 7.95. The van der Waals surface area contributed by atoms with E-state index in [4.69, 9.17) is 4.11 Å². The van der Waals surface area contributed by atoms with Crippen LogP contribution in [-0.2, 0) is 4.79 Å². The molecule has 1 N–H and O–H groups in total. The van der Waals surface area contributed by atoms with Gasteiger partial charge in [-0.25, -0.2) is 0 Å². The van der Waals surface area contributed by atoms with Crippen LogP contribution in [0.1, 0.15) is 103 Å². The fourth-order valence-corrected chi connectivity index (χ4v) is 7.95. The molecule has 0 heterocycles. The van der Waals surface area contributed by atoms with Crippen molar-refractivity contribution in [3.8, 4) is 0 Å². The number of aliphatic hydroxyl groups is 1. The molecular weight excluding hydrogens is 344 g/mol. The Hall–Kier alpha value is -0.630. The van der Waals surface area contributed by atoms with Gasteiger partial charge >= 0.3 is 0 Å². The van der Waals surface area contributed by atoms with Crippen LogP contribution in [0.15, 0.2) is 11.6 Å². The van der Waals surface area contributed by atoms with Crippen molar-refractivity contribution < 1.29 is 14.0 Å². The Bertz CT molecular complexity index is 754. The van der Waals surface area contributed by atoms with Gasteiger partial charge in [-0.1, -0.05) is 32.3 Å². The monoisotopic (exact) mass is 389 g/mol. The minimum atomic E-state index is -1.95. The maximum Gasteiger partial charge on any atom is 0.129 e. The van der Waals surface area contributed by atoms with E-state index >= 15 is 0 Å². The first kappa shape index (κ1) is 17.1. The highest BCUT2D eigenvalue weighted by Crippen LogP contribution is 2.67. The van der Waals surface area contributed by atoms with Crippen molar-refractivity contribution in [2.24, 2.45) is 40.4 Å². The van der Waals surface area contributed by atoms with E-state index < -0.39 is 17.9 Å². The number of hydrogen-bond donors (Lipinski definition) is 1. The summed E-state index contributed by atoms with van der Waals surface area (Å²) in [6, 6.07) is 0. The number of ketones is 1. The van der Waals surface area contributed by atoms with Gasteiger partial charge in [-0.3, -0.25) is 0 Å². The fraction of sp³-hybridized carbons (Fsp3) is 0.885. The van der Waals surface area contributed by atoms with E-state index in [0.29, 0.717) is 18.3 Å². The zero-order valence-electron chi connectivity index (χ0n) is 21.4. The van der Waals surface area contributed by atoms with Gasteiger partial charge in [0.05, 0.1) is 5.60 Å². The summed E-state index contributed by atoms with van der Waals surface area (Å²) in [5.74, 6) is 1.91. The minimum Gasteiger partial charge on any atom is -0.390 e. The Labute approximate surface area is 176 Å². The Morgan fingerprint density at radius 3 is 2.75 bits per heavy atom. The summed E-state index contributed by atoms with van der Waals surface area (Å²) >= 11 is 0. The Morgan fingerprint density at radius 2 is 2.04 bits per heavy atom. The second-order valence-electron chi connectivity index (χ2n) is 11.4. The lowest BCUT2D eigenvalue weighted by atomic mass is 9.46. The second kappa shape index (κ2) is 6.96. The number of rotatable bonds is 4. The maximum absolute atomic E-state index is 11.6. The van der Waals surface area contributed by atoms with Crippen molar-refractivity contribution in [2.45, 2.75) is 104 Å². The summed E-state index contributed by atoms with van der Waals surface area (Å²) in [6.45, 7) is 6.25. The third-order valence-electron chi connectivity index (χ3n) is 9.60. The number of fused-ring (bicyclic) bond motifs is 5. The van der Waals surface area contributed by atoms with Gasteiger partial charge in [-0.2, -0.15) is 0 Å². The van der Waals surface area contributed by atoms with Gasteiger partial charge in [0.15, 0.2) is 0 Å². The van der Waals surface area contributed by atoms with Crippen molar-refractivity contribution in [3.05, 3.63) is 11.6 Å². The van der Waals surface area contributed by atoms with Crippen LogP contribution in [0.2, 0.25) is 0 Å². The number of allylic oxidation sites excluding steroid dienone is 1. The SMILES string of the molecule is [2H]C([2H])([2H])[C@]12CC[C@H]3[C@@H](CC=C4C[C@@](C)(O)CC[C@@]43C)[C@@H]1CC[C@@H]2[C@H](C)CCC(C)=O. The van der Waals surface area contributed by atoms with Crippen molar-refractivity contribution >= 4 is 5.78 Å². The van der Waals surface area contributed by atoms with Gasteiger partial charge in [0, 0.05) is 10.5 Å². The quantitative estimate of drug-likeness (QED) is 0.571. The molecule has 8 atom stereocenters. The molecule has 0 bridgehead atoms. The van der Waals surface area contributed by atoms with Crippen LogP contribution >= 0.6 is 0 Å². The summed E-state index contributed by atoms with van der Waals surface area (Å²) in [7, 11) is 0. The standard InChI is InChI=1S/C26H42O2/c1-17(6-7-18(2)27)21-10-11-22-20-9-8-19-16-24(3,28)14-15-25(19,4)23(20)12-13-26(21,22)5/h8,17,20-23,28H,6-7,9-16H2,1-5H3/t17-,20+,21-,22+,23+,24+,25+,26-/m1/s1/i5D3. The van der Waals surface area contributed by atoms with Crippen LogP contribution in [0.5, 0.6) is 0 Å². The summed E-state index contributed by atoms with van der Waals surface area (Å²) < 4.78 is 26.1. The van der Waals surface area contributed by atoms with E-state index in [0.717, 1.165) is 57.8 Å². The predicted molar refractivity (Wildman–Crippen MR) is 115 cm³/mol. The van der Waals surface area contributed by atoms with E-state index in [1.54, 1.807) is 6.92 Å². The van der Waals surface area contributed by atoms with Crippen molar-refractivity contribution in [1.29, 1.82) is 0 Å². The van der Waals surface area contributed by atoms with Gasteiger partial charge < -0.3 is 9.90 Å². The molecule has 3 saturated carbocycles. The van der Waals surface area contributed by atoms with Crippen molar-refractivity contribution in [1.82, 2.24) is 0 Å². The number of hydrogen-bond acceptors (Lipinski definition) is 2.